The number of benzene rings is 1. The Morgan fingerprint density at radius 2 is 2.00 bits per heavy atom. The second-order valence-electron chi connectivity index (χ2n) is 6.48. The largest absolute Gasteiger partial charge is 0.376 e. The van der Waals surface area contributed by atoms with Gasteiger partial charge in [-0.05, 0) is 31.9 Å². The summed E-state index contributed by atoms with van der Waals surface area (Å²) in [5.74, 6) is 0.162. The summed E-state index contributed by atoms with van der Waals surface area (Å²) in [6, 6.07) is 10.5. The number of amides is 1. The summed E-state index contributed by atoms with van der Waals surface area (Å²) in [5, 5.41) is 4.38. The first-order valence-electron chi connectivity index (χ1n) is 8.51. The van der Waals surface area contributed by atoms with Crippen molar-refractivity contribution in [2.24, 2.45) is 0 Å². The fourth-order valence-corrected chi connectivity index (χ4v) is 3.42. The quantitative estimate of drug-likeness (QED) is 0.935. The topological polar surface area (TPSA) is 45.2 Å². The van der Waals surface area contributed by atoms with Crippen LogP contribution in [0.15, 0.2) is 30.3 Å². The van der Waals surface area contributed by atoms with E-state index in [2.05, 4.69) is 10.3 Å². The normalized spacial score (nSPS) is 15.6. The van der Waals surface area contributed by atoms with Crippen LogP contribution in [-0.2, 0) is 4.79 Å². The molecule has 0 aliphatic heterocycles. The van der Waals surface area contributed by atoms with Crippen LogP contribution in [0.1, 0.15) is 37.8 Å². The number of carbonyl (C=O) groups is 1. The van der Waals surface area contributed by atoms with Crippen molar-refractivity contribution < 1.29 is 4.79 Å². The third-order valence-corrected chi connectivity index (χ3v) is 4.79. The van der Waals surface area contributed by atoms with Crippen LogP contribution in [0.5, 0.6) is 0 Å². The van der Waals surface area contributed by atoms with Crippen molar-refractivity contribution in [3.8, 4) is 0 Å². The lowest BCUT2D eigenvalue weighted by Crippen LogP contribution is -2.41. The number of aryl methyl sites for hydroxylation is 1. The molecule has 0 saturated heterocycles. The summed E-state index contributed by atoms with van der Waals surface area (Å²) >= 11 is 0. The van der Waals surface area contributed by atoms with Crippen LogP contribution in [0.2, 0.25) is 0 Å². The highest BCUT2D eigenvalue weighted by molar-refractivity contribution is 5.93. The van der Waals surface area contributed by atoms with Gasteiger partial charge in [0.05, 0.1) is 12.1 Å². The molecule has 4 heteroatoms. The van der Waals surface area contributed by atoms with Crippen molar-refractivity contribution >= 4 is 22.5 Å². The minimum absolute atomic E-state index is 0.162. The Kier molecular flexibility index (Phi) is 4.79. The third kappa shape index (κ3) is 3.63. The van der Waals surface area contributed by atoms with Crippen LogP contribution in [-0.4, -0.2) is 35.4 Å². The molecule has 23 heavy (non-hydrogen) atoms. The molecule has 0 atom stereocenters. The average molecular weight is 311 g/mol. The average Bonchev–Trinajstić information content (AvgIpc) is 2.59. The SMILES string of the molecule is Cc1cc(NCC(=O)N(C)C2CCCCC2)c2ccccc2n1. The van der Waals surface area contributed by atoms with Gasteiger partial charge in [0.15, 0.2) is 0 Å². The Morgan fingerprint density at radius 1 is 1.26 bits per heavy atom. The number of rotatable bonds is 4. The van der Waals surface area contributed by atoms with Crippen LogP contribution in [0.25, 0.3) is 10.9 Å². The van der Waals surface area contributed by atoms with E-state index in [1.165, 1.54) is 19.3 Å². The Morgan fingerprint density at radius 3 is 2.78 bits per heavy atom. The molecule has 0 bridgehead atoms. The fraction of sp³-hybridized carbons (Fsp3) is 0.474. The van der Waals surface area contributed by atoms with Crippen molar-refractivity contribution in [3.63, 3.8) is 0 Å². The summed E-state index contributed by atoms with van der Waals surface area (Å²) in [6.07, 6.45) is 6.06. The highest BCUT2D eigenvalue weighted by Gasteiger charge is 2.21. The van der Waals surface area contributed by atoms with Gasteiger partial charge in [0, 0.05) is 29.9 Å². The highest BCUT2D eigenvalue weighted by atomic mass is 16.2. The monoisotopic (exact) mass is 311 g/mol. The van der Waals surface area contributed by atoms with Crippen LogP contribution < -0.4 is 5.32 Å². The van der Waals surface area contributed by atoms with Gasteiger partial charge in [-0.15, -0.1) is 0 Å². The molecule has 1 fully saturated rings. The van der Waals surface area contributed by atoms with E-state index in [0.717, 1.165) is 35.1 Å². The maximum absolute atomic E-state index is 12.5. The van der Waals surface area contributed by atoms with Gasteiger partial charge in [-0.1, -0.05) is 37.5 Å². The molecule has 1 aliphatic carbocycles. The molecule has 1 saturated carbocycles. The third-order valence-electron chi connectivity index (χ3n) is 4.79. The Hall–Kier alpha value is -2.10. The highest BCUT2D eigenvalue weighted by Crippen LogP contribution is 2.24. The zero-order chi connectivity index (χ0) is 16.2. The lowest BCUT2D eigenvalue weighted by atomic mass is 9.94. The van der Waals surface area contributed by atoms with E-state index in [1.807, 2.05) is 49.2 Å². The maximum Gasteiger partial charge on any atom is 0.241 e. The molecule has 2 aromatic rings. The molecule has 4 nitrogen and oxygen atoms in total. The zero-order valence-electron chi connectivity index (χ0n) is 14.0. The number of pyridine rings is 1. The van der Waals surface area contributed by atoms with Gasteiger partial charge in [0.25, 0.3) is 0 Å². The van der Waals surface area contributed by atoms with E-state index in [-0.39, 0.29) is 5.91 Å². The van der Waals surface area contributed by atoms with E-state index in [1.54, 1.807) is 0 Å². The lowest BCUT2D eigenvalue weighted by Gasteiger charge is -2.31. The second-order valence-corrected chi connectivity index (χ2v) is 6.48. The number of nitrogens with one attached hydrogen (secondary N) is 1. The van der Waals surface area contributed by atoms with Crippen molar-refractivity contribution in [2.75, 3.05) is 18.9 Å². The van der Waals surface area contributed by atoms with Gasteiger partial charge in [-0.25, -0.2) is 0 Å². The van der Waals surface area contributed by atoms with Crippen molar-refractivity contribution in [3.05, 3.63) is 36.0 Å². The summed E-state index contributed by atoms with van der Waals surface area (Å²) < 4.78 is 0. The number of hydrogen-bond donors (Lipinski definition) is 1. The van der Waals surface area contributed by atoms with Crippen molar-refractivity contribution in [2.45, 2.75) is 45.1 Å². The van der Waals surface area contributed by atoms with E-state index in [9.17, 15) is 4.79 Å². The van der Waals surface area contributed by atoms with E-state index < -0.39 is 0 Å². The Balaban J connectivity index is 1.69. The van der Waals surface area contributed by atoms with Gasteiger partial charge in [0.1, 0.15) is 0 Å². The first-order chi connectivity index (χ1) is 11.1. The maximum atomic E-state index is 12.5. The first-order valence-corrected chi connectivity index (χ1v) is 8.51. The molecule has 1 aromatic heterocycles. The molecule has 0 unspecified atom stereocenters. The number of likely N-dealkylation sites (N-methyl/N-ethyl adjacent to an activating group) is 1. The molecule has 1 aliphatic rings. The minimum atomic E-state index is 0.162. The van der Waals surface area contributed by atoms with E-state index in [0.29, 0.717) is 12.6 Å². The van der Waals surface area contributed by atoms with Crippen molar-refractivity contribution in [1.82, 2.24) is 9.88 Å². The van der Waals surface area contributed by atoms with Gasteiger partial charge in [0.2, 0.25) is 5.91 Å². The molecule has 1 N–H and O–H groups in total. The second kappa shape index (κ2) is 6.99. The van der Waals surface area contributed by atoms with Gasteiger partial charge in [-0.2, -0.15) is 0 Å². The number of para-hydroxylation sites is 1. The number of anilines is 1. The van der Waals surface area contributed by atoms with Gasteiger partial charge in [-0.3, -0.25) is 9.78 Å². The van der Waals surface area contributed by atoms with Crippen LogP contribution in [0, 0.1) is 6.92 Å². The number of aromatic nitrogens is 1. The molecule has 0 spiro atoms. The number of nitrogens with zero attached hydrogens (tertiary/aromatic N) is 2. The van der Waals surface area contributed by atoms with Crippen LogP contribution >= 0.6 is 0 Å². The lowest BCUT2D eigenvalue weighted by molar-refractivity contribution is -0.130. The van der Waals surface area contributed by atoms with Crippen LogP contribution in [0.3, 0.4) is 0 Å². The number of carbonyl (C=O) groups excluding carboxylic acids is 1. The van der Waals surface area contributed by atoms with Crippen LogP contribution in [0.4, 0.5) is 5.69 Å². The molecule has 122 valence electrons. The summed E-state index contributed by atoms with van der Waals surface area (Å²) in [7, 11) is 1.94. The molecule has 0 radical (unpaired) electrons. The summed E-state index contributed by atoms with van der Waals surface area (Å²) in [6.45, 7) is 2.31. The standard InChI is InChI=1S/C19H25N3O/c1-14-12-18(16-10-6-7-11-17(16)21-14)20-13-19(23)22(2)15-8-4-3-5-9-15/h6-7,10-12,15H,3-5,8-9,13H2,1-2H3,(H,20,21). The predicted octanol–water partition coefficient (Wildman–Crippen LogP) is 3.75. The molecule has 1 heterocycles. The number of hydrogen-bond acceptors (Lipinski definition) is 3. The minimum Gasteiger partial charge on any atom is -0.376 e. The first kappa shape index (κ1) is 15.8. The molecule has 1 amide bonds. The van der Waals surface area contributed by atoms with Crippen molar-refractivity contribution in [1.29, 1.82) is 0 Å². The molecule has 3 rings (SSSR count). The predicted molar refractivity (Wildman–Crippen MR) is 94.6 cm³/mol. The van der Waals surface area contributed by atoms with E-state index in [4.69, 9.17) is 0 Å². The summed E-state index contributed by atoms with van der Waals surface area (Å²) in [4.78, 5) is 19.0. The number of fused-ring (bicyclic) bond motifs is 1. The smallest absolute Gasteiger partial charge is 0.241 e. The molecule has 1 aromatic carbocycles. The van der Waals surface area contributed by atoms with Gasteiger partial charge < -0.3 is 10.2 Å². The molecular weight excluding hydrogens is 286 g/mol. The zero-order valence-corrected chi connectivity index (χ0v) is 14.0. The fourth-order valence-electron chi connectivity index (χ4n) is 3.42. The molecular formula is C19H25N3O. The van der Waals surface area contributed by atoms with E-state index >= 15 is 0 Å². The Bertz CT molecular complexity index is 692. The van der Waals surface area contributed by atoms with Gasteiger partial charge >= 0.3 is 0 Å². The summed E-state index contributed by atoms with van der Waals surface area (Å²) in [5.41, 5.74) is 2.90. The Labute approximate surface area is 137 Å².